The molecule has 0 aliphatic carbocycles. The maximum absolute atomic E-state index is 12.6. The largest absolute Gasteiger partial charge is 0.416 e. The van der Waals surface area contributed by atoms with Crippen molar-refractivity contribution in [3.8, 4) is 0 Å². The van der Waals surface area contributed by atoms with Gasteiger partial charge in [0.05, 0.1) is 11.5 Å². The maximum atomic E-state index is 12.6. The van der Waals surface area contributed by atoms with Crippen molar-refractivity contribution < 1.29 is 22.8 Å². The Hall–Kier alpha value is -2.48. The average molecular weight is 408 g/mol. The van der Waals surface area contributed by atoms with Crippen LogP contribution < -0.4 is 10.2 Å². The van der Waals surface area contributed by atoms with Gasteiger partial charge in [-0.2, -0.15) is 13.2 Å². The quantitative estimate of drug-likeness (QED) is 0.758. The van der Waals surface area contributed by atoms with Crippen LogP contribution in [0.1, 0.15) is 17.5 Å². The third kappa shape index (κ3) is 4.67. The van der Waals surface area contributed by atoms with E-state index >= 15 is 0 Å². The van der Waals surface area contributed by atoms with E-state index in [0.29, 0.717) is 5.56 Å². The summed E-state index contributed by atoms with van der Waals surface area (Å²) in [5.74, 6) is -0.885. The molecule has 0 aromatic heterocycles. The highest BCUT2D eigenvalue weighted by atomic mass is 32.2. The lowest BCUT2D eigenvalue weighted by atomic mass is 10.1. The number of rotatable bonds is 5. The average Bonchev–Trinajstić information content (AvgIpc) is 3.07. The van der Waals surface area contributed by atoms with Crippen molar-refractivity contribution in [1.29, 1.82) is 0 Å². The highest BCUT2D eigenvalue weighted by Crippen LogP contribution is 2.30. The van der Waals surface area contributed by atoms with Crippen LogP contribution in [0.5, 0.6) is 0 Å². The number of amides is 2. The fourth-order valence-corrected chi connectivity index (χ4v) is 3.51. The van der Waals surface area contributed by atoms with Crippen molar-refractivity contribution in [2.24, 2.45) is 5.92 Å². The van der Waals surface area contributed by atoms with Gasteiger partial charge in [0, 0.05) is 30.1 Å². The summed E-state index contributed by atoms with van der Waals surface area (Å²) in [6.45, 7) is 0.402. The zero-order chi connectivity index (χ0) is 20.3. The molecule has 0 bridgehead atoms. The van der Waals surface area contributed by atoms with Gasteiger partial charge in [0.25, 0.3) is 0 Å². The van der Waals surface area contributed by atoms with Gasteiger partial charge in [-0.3, -0.25) is 9.59 Å². The third-order valence-electron chi connectivity index (χ3n) is 4.61. The number of anilines is 1. The van der Waals surface area contributed by atoms with Gasteiger partial charge in [-0.1, -0.05) is 18.2 Å². The van der Waals surface area contributed by atoms with Crippen molar-refractivity contribution in [2.75, 3.05) is 17.7 Å². The van der Waals surface area contributed by atoms with Crippen LogP contribution in [0.25, 0.3) is 0 Å². The molecule has 2 amide bonds. The van der Waals surface area contributed by atoms with Gasteiger partial charge in [0.15, 0.2) is 0 Å². The second kappa shape index (κ2) is 8.26. The summed E-state index contributed by atoms with van der Waals surface area (Å²) >= 11 is 1.57. The van der Waals surface area contributed by atoms with E-state index in [2.05, 4.69) is 5.32 Å². The number of benzene rings is 2. The SMILES string of the molecule is CSc1cccc(N2CC(C(=O)NCc3ccc(C(F)(F)F)cc3)CC2=O)c1. The Balaban J connectivity index is 1.59. The molecule has 4 nitrogen and oxygen atoms in total. The summed E-state index contributed by atoms with van der Waals surface area (Å²) in [5.41, 5.74) is 0.595. The molecular weight excluding hydrogens is 389 g/mol. The lowest BCUT2D eigenvalue weighted by Gasteiger charge is -2.17. The van der Waals surface area contributed by atoms with E-state index in [-0.39, 0.29) is 31.3 Å². The van der Waals surface area contributed by atoms with E-state index in [4.69, 9.17) is 0 Å². The van der Waals surface area contributed by atoms with Gasteiger partial charge in [-0.15, -0.1) is 11.8 Å². The lowest BCUT2D eigenvalue weighted by Crippen LogP contribution is -2.32. The lowest BCUT2D eigenvalue weighted by molar-refractivity contribution is -0.137. The topological polar surface area (TPSA) is 49.4 Å². The minimum atomic E-state index is -4.39. The summed E-state index contributed by atoms with van der Waals surface area (Å²) < 4.78 is 37.8. The van der Waals surface area contributed by atoms with Gasteiger partial charge in [0.2, 0.25) is 11.8 Å². The molecule has 148 valence electrons. The number of hydrogen-bond acceptors (Lipinski definition) is 3. The molecule has 1 aliphatic heterocycles. The first-order valence-electron chi connectivity index (χ1n) is 8.66. The summed E-state index contributed by atoms with van der Waals surface area (Å²) in [6, 6.07) is 12.2. The molecular formula is C20H19F3N2O2S. The molecule has 1 atom stereocenters. The van der Waals surface area contributed by atoms with Crippen molar-refractivity contribution in [1.82, 2.24) is 5.32 Å². The van der Waals surface area contributed by atoms with Crippen LogP contribution in [0.15, 0.2) is 53.4 Å². The fourth-order valence-electron chi connectivity index (χ4n) is 3.06. The Morgan fingerprint density at radius 3 is 2.57 bits per heavy atom. The normalized spacial score (nSPS) is 17.1. The monoisotopic (exact) mass is 408 g/mol. The number of halogens is 3. The first kappa shape index (κ1) is 20.3. The number of nitrogens with one attached hydrogen (secondary N) is 1. The van der Waals surface area contributed by atoms with Gasteiger partial charge >= 0.3 is 6.18 Å². The summed E-state index contributed by atoms with van der Waals surface area (Å²) in [4.78, 5) is 27.4. The number of carbonyl (C=O) groups is 2. The first-order valence-corrected chi connectivity index (χ1v) is 9.88. The van der Waals surface area contributed by atoms with Crippen molar-refractivity contribution in [3.05, 3.63) is 59.7 Å². The van der Waals surface area contributed by atoms with Crippen LogP contribution in [0.3, 0.4) is 0 Å². The third-order valence-corrected chi connectivity index (χ3v) is 5.33. The molecule has 3 rings (SSSR count). The molecule has 1 unspecified atom stereocenters. The van der Waals surface area contributed by atoms with Gasteiger partial charge in [-0.25, -0.2) is 0 Å². The second-order valence-electron chi connectivity index (χ2n) is 6.52. The molecule has 28 heavy (non-hydrogen) atoms. The molecule has 8 heteroatoms. The molecule has 1 N–H and O–H groups in total. The predicted octanol–water partition coefficient (Wildman–Crippen LogP) is 4.10. The van der Waals surface area contributed by atoms with Gasteiger partial charge < -0.3 is 10.2 Å². The molecule has 1 heterocycles. The van der Waals surface area contributed by atoms with E-state index in [0.717, 1.165) is 22.7 Å². The Kier molecular flexibility index (Phi) is 5.98. The van der Waals surface area contributed by atoms with E-state index < -0.39 is 17.7 Å². The van der Waals surface area contributed by atoms with E-state index in [9.17, 15) is 22.8 Å². The number of carbonyl (C=O) groups excluding carboxylic acids is 2. The van der Waals surface area contributed by atoms with Crippen LogP contribution in [0.2, 0.25) is 0 Å². The minimum absolute atomic E-state index is 0.113. The van der Waals surface area contributed by atoms with Crippen LogP contribution in [0.4, 0.5) is 18.9 Å². The van der Waals surface area contributed by atoms with E-state index in [1.165, 1.54) is 12.1 Å². The zero-order valence-electron chi connectivity index (χ0n) is 15.1. The molecule has 1 fully saturated rings. The zero-order valence-corrected chi connectivity index (χ0v) is 15.9. The van der Waals surface area contributed by atoms with Crippen molar-refractivity contribution in [3.63, 3.8) is 0 Å². The summed E-state index contributed by atoms with van der Waals surface area (Å²) in [7, 11) is 0. The van der Waals surface area contributed by atoms with Crippen LogP contribution in [-0.4, -0.2) is 24.6 Å². The van der Waals surface area contributed by atoms with Crippen molar-refractivity contribution >= 4 is 29.3 Å². The van der Waals surface area contributed by atoms with E-state index in [1.54, 1.807) is 16.7 Å². The number of nitrogens with zero attached hydrogens (tertiary/aromatic N) is 1. The molecule has 1 saturated heterocycles. The molecule has 0 saturated carbocycles. The predicted molar refractivity (Wildman–Crippen MR) is 102 cm³/mol. The number of hydrogen-bond donors (Lipinski definition) is 1. The molecule has 0 radical (unpaired) electrons. The minimum Gasteiger partial charge on any atom is -0.352 e. The molecule has 2 aromatic carbocycles. The number of thioether (sulfide) groups is 1. The fraction of sp³-hybridized carbons (Fsp3) is 0.300. The van der Waals surface area contributed by atoms with Gasteiger partial charge in [-0.05, 0) is 42.2 Å². The Morgan fingerprint density at radius 2 is 1.93 bits per heavy atom. The van der Waals surface area contributed by atoms with Crippen LogP contribution in [0, 0.1) is 5.92 Å². The summed E-state index contributed by atoms with van der Waals surface area (Å²) in [6.07, 6.45) is -2.33. The summed E-state index contributed by atoms with van der Waals surface area (Å²) in [5, 5.41) is 2.71. The highest BCUT2D eigenvalue weighted by molar-refractivity contribution is 7.98. The smallest absolute Gasteiger partial charge is 0.352 e. The second-order valence-corrected chi connectivity index (χ2v) is 7.40. The van der Waals surface area contributed by atoms with Gasteiger partial charge in [0.1, 0.15) is 0 Å². The Labute approximate surface area is 165 Å². The van der Waals surface area contributed by atoms with E-state index in [1.807, 2.05) is 30.5 Å². The van der Waals surface area contributed by atoms with Crippen LogP contribution in [-0.2, 0) is 22.3 Å². The maximum Gasteiger partial charge on any atom is 0.416 e. The highest BCUT2D eigenvalue weighted by Gasteiger charge is 2.35. The Bertz CT molecular complexity index is 868. The standard InChI is InChI=1S/C20H19F3N2O2S/c1-28-17-4-2-3-16(10-17)25-12-14(9-18(25)26)19(27)24-11-13-5-7-15(8-6-13)20(21,22)23/h2-8,10,14H,9,11-12H2,1H3,(H,24,27). The van der Waals surface area contributed by atoms with Crippen LogP contribution >= 0.6 is 11.8 Å². The Morgan fingerprint density at radius 1 is 1.21 bits per heavy atom. The molecule has 0 spiro atoms. The van der Waals surface area contributed by atoms with Crippen molar-refractivity contribution in [2.45, 2.75) is 24.0 Å². The number of alkyl halides is 3. The first-order chi connectivity index (χ1) is 13.3. The molecule has 1 aliphatic rings. The molecule has 2 aromatic rings.